The lowest BCUT2D eigenvalue weighted by molar-refractivity contribution is -0.140. The van der Waals surface area contributed by atoms with Gasteiger partial charge in [-0.25, -0.2) is 8.42 Å². The molecule has 0 unspecified atom stereocenters. The average molecular weight is 658 g/mol. The number of sulfonamides is 1. The van der Waals surface area contributed by atoms with Gasteiger partial charge in [0.15, 0.2) is 0 Å². The normalized spacial score (nSPS) is 14.1. The van der Waals surface area contributed by atoms with Gasteiger partial charge in [0.05, 0.1) is 10.6 Å². The van der Waals surface area contributed by atoms with Crippen molar-refractivity contribution in [3.63, 3.8) is 0 Å². The molecule has 46 heavy (non-hydrogen) atoms. The van der Waals surface area contributed by atoms with Gasteiger partial charge in [-0.2, -0.15) is 0 Å². The summed E-state index contributed by atoms with van der Waals surface area (Å²) in [7, 11) is -4.20. The molecule has 0 bridgehead atoms. The Hall–Kier alpha value is -4.14. The third-order valence-electron chi connectivity index (χ3n) is 8.46. The maximum Gasteiger partial charge on any atom is 0.264 e. The zero-order valence-corrected chi connectivity index (χ0v) is 27.8. The minimum absolute atomic E-state index is 0.0470. The number of amides is 2. The number of benzene rings is 4. The van der Waals surface area contributed by atoms with Crippen molar-refractivity contribution in [2.45, 2.75) is 69.5 Å². The highest BCUT2D eigenvalue weighted by Gasteiger charge is 2.36. The molecular formula is C37H40ClN3O4S. The van der Waals surface area contributed by atoms with E-state index in [-0.39, 0.29) is 29.8 Å². The van der Waals surface area contributed by atoms with Crippen molar-refractivity contribution in [1.82, 2.24) is 10.2 Å². The highest BCUT2D eigenvalue weighted by molar-refractivity contribution is 7.92. The van der Waals surface area contributed by atoms with E-state index < -0.39 is 28.5 Å². The number of halogens is 1. The number of carbonyl (C=O) groups excluding carboxylic acids is 2. The van der Waals surface area contributed by atoms with Gasteiger partial charge in [-0.3, -0.25) is 13.9 Å². The molecule has 9 heteroatoms. The number of carbonyl (C=O) groups is 2. The van der Waals surface area contributed by atoms with Gasteiger partial charge in [-0.05, 0) is 67.6 Å². The lowest BCUT2D eigenvalue weighted by atomic mass is 10.0. The average Bonchev–Trinajstić information content (AvgIpc) is 3.56. The number of hydrogen-bond acceptors (Lipinski definition) is 4. The Morgan fingerprint density at radius 3 is 2.17 bits per heavy atom. The number of anilines is 1. The first-order valence-electron chi connectivity index (χ1n) is 15.6. The van der Waals surface area contributed by atoms with Gasteiger partial charge in [0.1, 0.15) is 12.6 Å². The maximum absolute atomic E-state index is 14.7. The Kier molecular flexibility index (Phi) is 10.8. The predicted molar refractivity (Wildman–Crippen MR) is 183 cm³/mol. The summed E-state index contributed by atoms with van der Waals surface area (Å²) in [5.74, 6) is -0.740. The van der Waals surface area contributed by atoms with E-state index in [0.29, 0.717) is 16.3 Å². The summed E-state index contributed by atoms with van der Waals surface area (Å²) in [5.41, 5.74) is 3.70. The van der Waals surface area contributed by atoms with E-state index >= 15 is 0 Å². The van der Waals surface area contributed by atoms with Gasteiger partial charge < -0.3 is 10.2 Å². The fraction of sp³-hybridized carbons (Fsp3) is 0.297. The third-order valence-corrected chi connectivity index (χ3v) is 10.5. The number of nitrogens with zero attached hydrogens (tertiary/aromatic N) is 2. The Morgan fingerprint density at radius 2 is 1.50 bits per heavy atom. The van der Waals surface area contributed by atoms with E-state index in [4.69, 9.17) is 11.6 Å². The van der Waals surface area contributed by atoms with E-state index in [2.05, 4.69) is 5.32 Å². The number of nitrogens with one attached hydrogen (secondary N) is 1. The van der Waals surface area contributed by atoms with Crippen molar-refractivity contribution in [2.75, 3.05) is 10.8 Å². The summed E-state index contributed by atoms with van der Waals surface area (Å²) >= 11 is 6.37. The van der Waals surface area contributed by atoms with E-state index in [1.54, 1.807) is 48.2 Å². The Labute approximate surface area is 277 Å². The van der Waals surface area contributed by atoms with Crippen LogP contribution < -0.4 is 9.62 Å². The molecule has 1 aliphatic rings. The van der Waals surface area contributed by atoms with Crippen LogP contribution in [0.25, 0.3) is 0 Å². The second-order valence-electron chi connectivity index (χ2n) is 12.0. The molecule has 0 aliphatic heterocycles. The first-order valence-corrected chi connectivity index (χ1v) is 17.5. The lowest BCUT2D eigenvalue weighted by Gasteiger charge is -2.34. The van der Waals surface area contributed by atoms with Crippen molar-refractivity contribution < 1.29 is 18.0 Å². The van der Waals surface area contributed by atoms with Crippen LogP contribution in [0.5, 0.6) is 0 Å². The van der Waals surface area contributed by atoms with E-state index in [9.17, 15) is 18.0 Å². The van der Waals surface area contributed by atoms with Crippen LogP contribution in [0.3, 0.4) is 0 Å². The molecule has 4 aromatic rings. The van der Waals surface area contributed by atoms with Crippen LogP contribution in [0.2, 0.25) is 5.02 Å². The van der Waals surface area contributed by atoms with Crippen LogP contribution in [-0.4, -0.2) is 43.8 Å². The van der Waals surface area contributed by atoms with E-state index in [1.807, 2.05) is 61.5 Å². The molecule has 7 nitrogen and oxygen atoms in total. The highest BCUT2D eigenvalue weighted by atomic mass is 35.5. The number of aryl methyl sites for hydroxylation is 2. The zero-order chi connectivity index (χ0) is 32.7. The van der Waals surface area contributed by atoms with Gasteiger partial charge in [-0.15, -0.1) is 0 Å². The van der Waals surface area contributed by atoms with Crippen molar-refractivity contribution in [3.8, 4) is 0 Å². The van der Waals surface area contributed by atoms with Crippen molar-refractivity contribution in [2.24, 2.45) is 0 Å². The van der Waals surface area contributed by atoms with Gasteiger partial charge in [0.2, 0.25) is 11.8 Å². The minimum atomic E-state index is -4.20. The molecule has 5 rings (SSSR count). The Bertz CT molecular complexity index is 1760. The number of rotatable bonds is 12. The quantitative estimate of drug-likeness (QED) is 0.181. The summed E-state index contributed by atoms with van der Waals surface area (Å²) in [6.07, 6.45) is 4.16. The second-order valence-corrected chi connectivity index (χ2v) is 14.3. The van der Waals surface area contributed by atoms with Gasteiger partial charge >= 0.3 is 0 Å². The monoisotopic (exact) mass is 657 g/mol. The highest BCUT2D eigenvalue weighted by Crippen LogP contribution is 2.30. The second kappa shape index (κ2) is 15.0. The smallest absolute Gasteiger partial charge is 0.264 e. The van der Waals surface area contributed by atoms with Crippen LogP contribution in [0, 0.1) is 13.8 Å². The lowest BCUT2D eigenvalue weighted by Crippen LogP contribution is -2.54. The largest absolute Gasteiger partial charge is 0.352 e. The molecule has 1 saturated carbocycles. The molecule has 2 amide bonds. The summed E-state index contributed by atoms with van der Waals surface area (Å²) in [6.45, 7) is 3.36. The van der Waals surface area contributed by atoms with E-state index in [0.717, 1.165) is 46.7 Å². The SMILES string of the molecule is Cc1cccc(CN(C(=O)CN(c2cc(Cl)ccc2C)S(=O)(=O)c2ccccc2)[C@@H](Cc2ccccc2)C(=O)NC2CCCC2)c1. The number of hydrogen-bond donors (Lipinski definition) is 1. The Balaban J connectivity index is 1.58. The van der Waals surface area contributed by atoms with Crippen LogP contribution in [0.15, 0.2) is 108 Å². The van der Waals surface area contributed by atoms with Gasteiger partial charge in [0, 0.05) is 24.0 Å². The molecular weight excluding hydrogens is 618 g/mol. The minimum Gasteiger partial charge on any atom is -0.352 e. The van der Waals surface area contributed by atoms with E-state index in [1.165, 1.54) is 12.1 Å². The van der Waals surface area contributed by atoms with Gasteiger partial charge in [0.25, 0.3) is 10.0 Å². The maximum atomic E-state index is 14.7. The fourth-order valence-corrected chi connectivity index (χ4v) is 7.67. The zero-order valence-electron chi connectivity index (χ0n) is 26.2. The Morgan fingerprint density at radius 1 is 0.848 bits per heavy atom. The molecule has 0 saturated heterocycles. The molecule has 1 fully saturated rings. The summed E-state index contributed by atoms with van der Waals surface area (Å²) in [6, 6.07) is 29.6. The molecule has 0 radical (unpaired) electrons. The third kappa shape index (κ3) is 8.17. The summed E-state index contributed by atoms with van der Waals surface area (Å²) in [4.78, 5) is 30.4. The van der Waals surface area contributed by atoms with Gasteiger partial charge in [-0.1, -0.05) is 109 Å². The summed E-state index contributed by atoms with van der Waals surface area (Å²) in [5, 5.41) is 3.55. The van der Waals surface area contributed by atoms with Crippen LogP contribution in [0.1, 0.15) is 47.9 Å². The van der Waals surface area contributed by atoms with Crippen LogP contribution >= 0.6 is 11.6 Å². The van der Waals surface area contributed by atoms with Crippen molar-refractivity contribution in [3.05, 3.63) is 130 Å². The molecule has 1 N–H and O–H groups in total. The van der Waals surface area contributed by atoms with Crippen LogP contribution in [-0.2, 0) is 32.6 Å². The van der Waals surface area contributed by atoms with Crippen molar-refractivity contribution >= 4 is 39.1 Å². The molecule has 1 atom stereocenters. The molecule has 0 spiro atoms. The van der Waals surface area contributed by atoms with Crippen LogP contribution in [0.4, 0.5) is 5.69 Å². The molecule has 0 aromatic heterocycles. The standard InChI is InChI=1S/C37H40ClN3O4S/c1-27-12-11-15-30(22-27)25-40(35(23-29-13-5-3-6-14-29)37(43)39-32-16-9-10-17-32)36(42)26-41(34-24-31(38)21-20-28(34)2)46(44,45)33-18-7-4-8-19-33/h3-8,11-15,18-22,24,32,35H,9-10,16-17,23,25-26H2,1-2H3,(H,39,43)/t35-/m0/s1. The summed E-state index contributed by atoms with van der Waals surface area (Å²) < 4.78 is 29.5. The first-order chi connectivity index (χ1) is 22.1. The van der Waals surface area contributed by atoms with Crippen molar-refractivity contribution in [1.29, 1.82) is 0 Å². The molecule has 1 aliphatic carbocycles. The molecule has 4 aromatic carbocycles. The fourth-order valence-electron chi connectivity index (χ4n) is 6.01. The molecule has 0 heterocycles. The first kappa shape index (κ1) is 33.2. The molecule has 240 valence electrons. The predicted octanol–water partition coefficient (Wildman–Crippen LogP) is 6.85. The topological polar surface area (TPSA) is 86.8 Å².